The quantitative estimate of drug-likeness (QED) is 0.534. The fourth-order valence-electron chi connectivity index (χ4n) is 4.35. The van der Waals surface area contributed by atoms with Crippen molar-refractivity contribution in [3.05, 3.63) is 90.0 Å². The van der Waals surface area contributed by atoms with Crippen LogP contribution in [0.2, 0.25) is 0 Å². The summed E-state index contributed by atoms with van der Waals surface area (Å²) in [5.74, 6) is 0.109. The van der Waals surface area contributed by atoms with Crippen LogP contribution in [0.25, 0.3) is 5.65 Å². The van der Waals surface area contributed by atoms with Gasteiger partial charge in [-0.15, -0.1) is 5.10 Å². The minimum absolute atomic E-state index is 0.0480. The van der Waals surface area contributed by atoms with Gasteiger partial charge in [0.05, 0.1) is 17.6 Å². The second kappa shape index (κ2) is 7.96. The Labute approximate surface area is 184 Å². The summed E-state index contributed by atoms with van der Waals surface area (Å²) in [6.45, 7) is 0.518. The standard InChI is InChI=1S/C24H22FN5O2/c1-28(24(32)19-7-2-3-8-21(19)31)18-14-20(16-5-4-6-17(25)13-16)29(15-18)23-10-9-22-26-11-12-30(22)27-23/h2-13,18,20,31H,14-15H2,1H3/t18-,20+/m0/s1. The molecule has 162 valence electrons. The Morgan fingerprint density at radius 1 is 1.16 bits per heavy atom. The number of carbonyl (C=O) groups is 1. The Kier molecular flexibility index (Phi) is 4.97. The highest BCUT2D eigenvalue weighted by Crippen LogP contribution is 2.37. The van der Waals surface area contributed by atoms with Gasteiger partial charge in [0.15, 0.2) is 5.65 Å². The molecular weight excluding hydrogens is 409 g/mol. The van der Waals surface area contributed by atoms with E-state index in [1.54, 1.807) is 53.1 Å². The number of hydrogen-bond acceptors (Lipinski definition) is 5. The Balaban J connectivity index is 1.49. The summed E-state index contributed by atoms with van der Waals surface area (Å²) >= 11 is 0. The van der Waals surface area contributed by atoms with Crippen LogP contribution in [0.3, 0.4) is 0 Å². The first kappa shape index (κ1) is 20.0. The third-order valence-corrected chi connectivity index (χ3v) is 6.05. The van der Waals surface area contributed by atoms with E-state index in [1.807, 2.05) is 18.2 Å². The van der Waals surface area contributed by atoms with E-state index in [1.165, 1.54) is 18.2 Å². The normalized spacial score (nSPS) is 18.2. The number of aromatic hydroxyl groups is 1. The third-order valence-electron chi connectivity index (χ3n) is 6.05. The fraction of sp³-hybridized carbons (Fsp3) is 0.208. The molecule has 1 fully saturated rings. The number of anilines is 1. The van der Waals surface area contributed by atoms with Crippen molar-refractivity contribution in [2.45, 2.75) is 18.5 Å². The largest absolute Gasteiger partial charge is 0.507 e. The lowest BCUT2D eigenvalue weighted by Crippen LogP contribution is -2.39. The maximum atomic E-state index is 14.0. The minimum Gasteiger partial charge on any atom is -0.507 e. The van der Waals surface area contributed by atoms with Crippen LogP contribution in [-0.2, 0) is 0 Å². The molecule has 1 amide bonds. The molecule has 4 aromatic rings. The number of para-hydroxylation sites is 1. The molecule has 0 spiro atoms. The minimum atomic E-state index is -0.303. The van der Waals surface area contributed by atoms with E-state index in [0.717, 1.165) is 17.0 Å². The maximum absolute atomic E-state index is 14.0. The monoisotopic (exact) mass is 431 g/mol. The predicted molar refractivity (Wildman–Crippen MR) is 118 cm³/mol. The van der Waals surface area contributed by atoms with Gasteiger partial charge in [-0.1, -0.05) is 24.3 Å². The summed E-state index contributed by atoms with van der Waals surface area (Å²) in [5, 5.41) is 14.8. The summed E-state index contributed by atoms with van der Waals surface area (Å²) in [7, 11) is 1.73. The number of likely N-dealkylation sites (N-methyl/N-ethyl adjacent to an activating group) is 1. The first-order valence-electron chi connectivity index (χ1n) is 10.4. The molecule has 1 aliphatic rings. The van der Waals surface area contributed by atoms with Crippen LogP contribution in [0.15, 0.2) is 73.1 Å². The predicted octanol–water partition coefficient (Wildman–Crippen LogP) is 3.67. The zero-order chi connectivity index (χ0) is 22.2. The highest BCUT2D eigenvalue weighted by atomic mass is 19.1. The zero-order valence-corrected chi connectivity index (χ0v) is 17.5. The van der Waals surface area contributed by atoms with E-state index >= 15 is 0 Å². The first-order valence-corrected chi connectivity index (χ1v) is 10.4. The summed E-state index contributed by atoms with van der Waals surface area (Å²) in [4.78, 5) is 21.1. The molecule has 2 atom stereocenters. The van der Waals surface area contributed by atoms with Crippen LogP contribution >= 0.6 is 0 Å². The Morgan fingerprint density at radius 3 is 2.81 bits per heavy atom. The number of amides is 1. The lowest BCUT2D eigenvalue weighted by atomic mass is 10.0. The smallest absolute Gasteiger partial charge is 0.257 e. The number of phenolic OH excluding ortho intramolecular Hbond substituents is 1. The van der Waals surface area contributed by atoms with Gasteiger partial charge in [0.2, 0.25) is 0 Å². The van der Waals surface area contributed by atoms with Gasteiger partial charge >= 0.3 is 0 Å². The lowest BCUT2D eigenvalue weighted by molar-refractivity contribution is 0.0740. The Hall–Kier alpha value is -3.94. The number of imidazole rings is 1. The first-order chi connectivity index (χ1) is 15.5. The molecule has 32 heavy (non-hydrogen) atoms. The topological polar surface area (TPSA) is 74.0 Å². The van der Waals surface area contributed by atoms with E-state index in [4.69, 9.17) is 0 Å². The number of rotatable bonds is 4. The van der Waals surface area contributed by atoms with Crippen molar-refractivity contribution in [2.75, 3.05) is 18.5 Å². The second-order valence-electron chi connectivity index (χ2n) is 7.97. The van der Waals surface area contributed by atoms with Crippen molar-refractivity contribution in [1.82, 2.24) is 19.5 Å². The summed E-state index contributed by atoms with van der Waals surface area (Å²) in [5.41, 5.74) is 1.82. The molecule has 1 N–H and O–H groups in total. The average molecular weight is 431 g/mol. The van der Waals surface area contributed by atoms with Gasteiger partial charge in [-0.05, 0) is 48.4 Å². The van der Waals surface area contributed by atoms with Crippen molar-refractivity contribution < 1.29 is 14.3 Å². The molecule has 0 unspecified atom stereocenters. The lowest BCUT2D eigenvalue weighted by Gasteiger charge is -2.26. The number of phenols is 1. The van der Waals surface area contributed by atoms with Gasteiger partial charge in [0, 0.05) is 26.0 Å². The van der Waals surface area contributed by atoms with Gasteiger partial charge < -0.3 is 14.9 Å². The third kappa shape index (κ3) is 3.53. The molecule has 5 rings (SSSR count). The molecule has 1 aliphatic heterocycles. The molecule has 2 aromatic heterocycles. The molecular formula is C24H22FN5O2. The highest BCUT2D eigenvalue weighted by molar-refractivity contribution is 5.96. The molecule has 0 radical (unpaired) electrons. The van der Waals surface area contributed by atoms with Gasteiger partial charge in [-0.3, -0.25) is 4.79 Å². The molecule has 3 heterocycles. The highest BCUT2D eigenvalue weighted by Gasteiger charge is 2.38. The summed E-state index contributed by atoms with van der Waals surface area (Å²) in [6, 6.07) is 16.5. The van der Waals surface area contributed by atoms with Crippen molar-refractivity contribution in [2.24, 2.45) is 0 Å². The summed E-state index contributed by atoms with van der Waals surface area (Å²) in [6.07, 6.45) is 4.06. The SMILES string of the molecule is CN(C(=O)c1ccccc1O)[C@H]1C[C@H](c2cccc(F)c2)N(c2ccc3nccn3n2)C1. The number of aromatic nitrogens is 3. The molecule has 0 aliphatic carbocycles. The van der Waals surface area contributed by atoms with E-state index in [9.17, 15) is 14.3 Å². The van der Waals surface area contributed by atoms with Crippen LogP contribution in [0, 0.1) is 5.82 Å². The zero-order valence-electron chi connectivity index (χ0n) is 17.5. The van der Waals surface area contributed by atoms with Crippen LogP contribution in [0.5, 0.6) is 5.75 Å². The van der Waals surface area contributed by atoms with Crippen molar-refractivity contribution in [3.63, 3.8) is 0 Å². The van der Waals surface area contributed by atoms with Crippen LogP contribution in [0.4, 0.5) is 10.2 Å². The Bertz CT molecular complexity index is 1290. The molecule has 0 bridgehead atoms. The number of fused-ring (bicyclic) bond motifs is 1. The van der Waals surface area contributed by atoms with Crippen LogP contribution in [0.1, 0.15) is 28.4 Å². The van der Waals surface area contributed by atoms with E-state index < -0.39 is 0 Å². The molecule has 7 nitrogen and oxygen atoms in total. The molecule has 2 aromatic carbocycles. The fourth-order valence-corrected chi connectivity index (χ4v) is 4.35. The maximum Gasteiger partial charge on any atom is 0.257 e. The average Bonchev–Trinajstić information content (AvgIpc) is 3.45. The number of carbonyl (C=O) groups excluding carboxylic acids is 1. The number of nitrogens with zero attached hydrogens (tertiary/aromatic N) is 5. The number of benzene rings is 2. The molecule has 8 heteroatoms. The van der Waals surface area contributed by atoms with Crippen molar-refractivity contribution in [1.29, 1.82) is 0 Å². The van der Waals surface area contributed by atoms with Gasteiger partial charge in [0.25, 0.3) is 5.91 Å². The molecule has 1 saturated heterocycles. The number of halogens is 1. The molecule has 0 saturated carbocycles. The van der Waals surface area contributed by atoms with Crippen molar-refractivity contribution in [3.8, 4) is 5.75 Å². The van der Waals surface area contributed by atoms with Crippen LogP contribution < -0.4 is 4.90 Å². The van der Waals surface area contributed by atoms with Crippen molar-refractivity contribution >= 4 is 17.4 Å². The van der Waals surface area contributed by atoms with Gasteiger partial charge in [-0.2, -0.15) is 0 Å². The second-order valence-corrected chi connectivity index (χ2v) is 7.97. The number of hydrogen-bond donors (Lipinski definition) is 1. The van der Waals surface area contributed by atoms with E-state index in [2.05, 4.69) is 15.0 Å². The van der Waals surface area contributed by atoms with E-state index in [0.29, 0.717) is 13.0 Å². The van der Waals surface area contributed by atoms with E-state index in [-0.39, 0.29) is 35.1 Å². The van der Waals surface area contributed by atoms with Crippen LogP contribution in [-0.4, -0.2) is 50.1 Å². The summed E-state index contributed by atoms with van der Waals surface area (Å²) < 4.78 is 15.7. The Morgan fingerprint density at radius 2 is 2.00 bits per heavy atom. The van der Waals surface area contributed by atoms with Gasteiger partial charge in [-0.25, -0.2) is 13.9 Å². The van der Waals surface area contributed by atoms with Gasteiger partial charge in [0.1, 0.15) is 17.4 Å².